The van der Waals surface area contributed by atoms with Gasteiger partial charge in [-0.25, -0.2) is 4.39 Å². The molecule has 3 N–H and O–H groups in total. The van der Waals surface area contributed by atoms with Crippen molar-refractivity contribution >= 4 is 24.2 Å². The summed E-state index contributed by atoms with van der Waals surface area (Å²) in [6.07, 6.45) is 2.63. The molecule has 0 bridgehead atoms. The number of carbonyl (C=O) groups is 2. The van der Waals surface area contributed by atoms with E-state index in [0.29, 0.717) is 25.1 Å². The van der Waals surface area contributed by atoms with Crippen molar-refractivity contribution in [3.05, 3.63) is 35.6 Å². The van der Waals surface area contributed by atoms with Crippen molar-refractivity contribution in [2.24, 2.45) is 5.92 Å². The second kappa shape index (κ2) is 10.2. The van der Waals surface area contributed by atoms with Crippen LogP contribution >= 0.6 is 12.4 Å². The van der Waals surface area contributed by atoms with E-state index < -0.39 is 0 Å². The Bertz CT molecular complexity index is 505. The van der Waals surface area contributed by atoms with E-state index >= 15 is 0 Å². The van der Waals surface area contributed by atoms with E-state index in [4.69, 9.17) is 0 Å². The van der Waals surface area contributed by atoms with E-state index in [2.05, 4.69) is 16.0 Å². The standard InChI is InChI=1S/C16H22FN3O2.ClH/c17-14-6-4-12(5-7-14)15(21)19-9-2-10-20-16(22)13-3-1-8-18-11-13;/h4-7,13,18H,1-3,8-11H2,(H,19,21)(H,20,22);1H. The molecule has 1 aromatic carbocycles. The van der Waals surface area contributed by atoms with Gasteiger partial charge in [0.1, 0.15) is 5.82 Å². The molecular formula is C16H23ClFN3O2. The van der Waals surface area contributed by atoms with E-state index in [1.807, 2.05) is 0 Å². The van der Waals surface area contributed by atoms with Crippen molar-refractivity contribution in [2.45, 2.75) is 19.3 Å². The second-order valence-corrected chi connectivity index (χ2v) is 5.45. The van der Waals surface area contributed by atoms with Crippen LogP contribution in [0.4, 0.5) is 4.39 Å². The van der Waals surface area contributed by atoms with Crippen LogP contribution in [0.3, 0.4) is 0 Å². The Labute approximate surface area is 141 Å². The molecule has 2 rings (SSSR count). The lowest BCUT2D eigenvalue weighted by Crippen LogP contribution is -2.41. The van der Waals surface area contributed by atoms with Crippen LogP contribution < -0.4 is 16.0 Å². The molecule has 1 unspecified atom stereocenters. The van der Waals surface area contributed by atoms with Gasteiger partial charge in [-0.1, -0.05) is 0 Å². The van der Waals surface area contributed by atoms with Gasteiger partial charge in [0, 0.05) is 25.2 Å². The van der Waals surface area contributed by atoms with Crippen molar-refractivity contribution in [3.8, 4) is 0 Å². The third kappa shape index (κ3) is 6.54. The van der Waals surface area contributed by atoms with Gasteiger partial charge >= 0.3 is 0 Å². The van der Waals surface area contributed by atoms with Gasteiger partial charge in [-0.05, 0) is 50.1 Å². The Hall–Kier alpha value is -1.66. The normalized spacial score (nSPS) is 17.0. The fourth-order valence-corrected chi connectivity index (χ4v) is 2.43. The molecule has 7 heteroatoms. The van der Waals surface area contributed by atoms with Crippen molar-refractivity contribution in [2.75, 3.05) is 26.2 Å². The van der Waals surface area contributed by atoms with Gasteiger partial charge in [0.25, 0.3) is 5.91 Å². The zero-order valence-corrected chi connectivity index (χ0v) is 13.8. The molecule has 1 atom stereocenters. The van der Waals surface area contributed by atoms with E-state index in [9.17, 15) is 14.0 Å². The van der Waals surface area contributed by atoms with Crippen molar-refractivity contribution in [1.29, 1.82) is 0 Å². The third-order valence-corrected chi connectivity index (χ3v) is 3.71. The number of rotatable bonds is 6. The summed E-state index contributed by atoms with van der Waals surface area (Å²) in [6.45, 7) is 2.74. The van der Waals surface area contributed by atoms with E-state index in [-0.39, 0.29) is 36.0 Å². The summed E-state index contributed by atoms with van der Waals surface area (Å²) in [7, 11) is 0. The Morgan fingerprint density at radius 2 is 1.87 bits per heavy atom. The lowest BCUT2D eigenvalue weighted by Gasteiger charge is -2.21. The number of halogens is 2. The van der Waals surface area contributed by atoms with E-state index in [1.165, 1.54) is 24.3 Å². The number of nitrogens with one attached hydrogen (secondary N) is 3. The second-order valence-electron chi connectivity index (χ2n) is 5.45. The third-order valence-electron chi connectivity index (χ3n) is 3.71. The summed E-state index contributed by atoms with van der Waals surface area (Å²) in [5.41, 5.74) is 0.429. The summed E-state index contributed by atoms with van der Waals surface area (Å²) in [4.78, 5) is 23.6. The van der Waals surface area contributed by atoms with Crippen molar-refractivity contribution < 1.29 is 14.0 Å². The molecule has 0 aliphatic carbocycles. The Balaban J connectivity index is 0.00000264. The summed E-state index contributed by atoms with van der Waals surface area (Å²) in [5, 5.41) is 8.85. The van der Waals surface area contributed by atoms with Crippen LogP contribution in [0.5, 0.6) is 0 Å². The van der Waals surface area contributed by atoms with Gasteiger partial charge in [-0.3, -0.25) is 9.59 Å². The smallest absolute Gasteiger partial charge is 0.251 e. The molecular weight excluding hydrogens is 321 g/mol. The number of piperidine rings is 1. The average Bonchev–Trinajstić information content (AvgIpc) is 2.55. The minimum Gasteiger partial charge on any atom is -0.356 e. The highest BCUT2D eigenvalue weighted by atomic mass is 35.5. The fourth-order valence-electron chi connectivity index (χ4n) is 2.43. The van der Waals surface area contributed by atoms with Crippen molar-refractivity contribution in [1.82, 2.24) is 16.0 Å². The maximum Gasteiger partial charge on any atom is 0.251 e. The van der Waals surface area contributed by atoms with Crippen LogP contribution in [-0.2, 0) is 4.79 Å². The maximum absolute atomic E-state index is 12.8. The van der Waals surface area contributed by atoms with Crippen LogP contribution in [-0.4, -0.2) is 38.0 Å². The lowest BCUT2D eigenvalue weighted by molar-refractivity contribution is -0.125. The van der Waals surface area contributed by atoms with Crippen LogP contribution in [0.1, 0.15) is 29.6 Å². The van der Waals surface area contributed by atoms with Crippen LogP contribution in [0, 0.1) is 11.7 Å². The van der Waals surface area contributed by atoms with Gasteiger partial charge in [0.15, 0.2) is 0 Å². The molecule has 5 nitrogen and oxygen atoms in total. The zero-order chi connectivity index (χ0) is 15.8. The van der Waals surface area contributed by atoms with Gasteiger partial charge in [0.2, 0.25) is 5.91 Å². The van der Waals surface area contributed by atoms with Crippen LogP contribution in [0.25, 0.3) is 0 Å². The monoisotopic (exact) mass is 343 g/mol. The molecule has 0 saturated carbocycles. The van der Waals surface area contributed by atoms with Crippen LogP contribution in [0.15, 0.2) is 24.3 Å². The van der Waals surface area contributed by atoms with Crippen LogP contribution in [0.2, 0.25) is 0 Å². The molecule has 1 aliphatic heterocycles. The van der Waals surface area contributed by atoms with E-state index in [1.54, 1.807) is 0 Å². The highest BCUT2D eigenvalue weighted by Gasteiger charge is 2.19. The first kappa shape index (κ1) is 19.4. The molecule has 23 heavy (non-hydrogen) atoms. The molecule has 0 spiro atoms. The first-order valence-electron chi connectivity index (χ1n) is 7.69. The molecule has 1 aliphatic rings. The van der Waals surface area contributed by atoms with E-state index in [0.717, 1.165) is 25.9 Å². The highest BCUT2D eigenvalue weighted by molar-refractivity contribution is 5.94. The lowest BCUT2D eigenvalue weighted by atomic mass is 9.99. The zero-order valence-electron chi connectivity index (χ0n) is 12.9. The molecule has 1 aromatic rings. The predicted octanol–water partition coefficient (Wildman–Crippen LogP) is 1.48. The van der Waals surface area contributed by atoms with Gasteiger partial charge in [-0.15, -0.1) is 12.4 Å². The molecule has 2 amide bonds. The first-order valence-corrected chi connectivity index (χ1v) is 7.69. The quantitative estimate of drug-likeness (QED) is 0.685. The molecule has 1 heterocycles. The Morgan fingerprint density at radius 3 is 2.52 bits per heavy atom. The largest absolute Gasteiger partial charge is 0.356 e. The predicted molar refractivity (Wildman–Crippen MR) is 89.2 cm³/mol. The molecule has 1 fully saturated rings. The van der Waals surface area contributed by atoms with Crippen molar-refractivity contribution in [3.63, 3.8) is 0 Å². The Kier molecular flexibility index (Phi) is 8.58. The minimum atomic E-state index is -0.364. The average molecular weight is 344 g/mol. The fraction of sp³-hybridized carbons (Fsp3) is 0.500. The molecule has 0 radical (unpaired) electrons. The summed E-state index contributed by atoms with van der Waals surface area (Å²) in [5.74, 6) is -0.459. The SMILES string of the molecule is Cl.O=C(NCCCNC(=O)C1CCCNC1)c1ccc(F)cc1. The number of carbonyl (C=O) groups excluding carboxylic acids is 2. The van der Waals surface area contributed by atoms with Gasteiger partial charge < -0.3 is 16.0 Å². The number of amides is 2. The summed E-state index contributed by atoms with van der Waals surface area (Å²) < 4.78 is 12.8. The number of hydrogen-bond acceptors (Lipinski definition) is 3. The Morgan fingerprint density at radius 1 is 1.17 bits per heavy atom. The molecule has 128 valence electrons. The van der Waals surface area contributed by atoms with Gasteiger partial charge in [0.05, 0.1) is 5.92 Å². The summed E-state index contributed by atoms with van der Waals surface area (Å²) in [6, 6.07) is 5.41. The molecule has 0 aromatic heterocycles. The number of benzene rings is 1. The highest BCUT2D eigenvalue weighted by Crippen LogP contribution is 2.09. The summed E-state index contributed by atoms with van der Waals surface area (Å²) >= 11 is 0. The minimum absolute atomic E-state index is 0. The topological polar surface area (TPSA) is 70.2 Å². The maximum atomic E-state index is 12.8. The first-order chi connectivity index (χ1) is 10.7. The number of hydrogen-bond donors (Lipinski definition) is 3. The van der Waals surface area contributed by atoms with Gasteiger partial charge in [-0.2, -0.15) is 0 Å². The molecule has 1 saturated heterocycles.